The SMILES string of the molecule is CCCCCCCCCCC(=O)c1ccnnc1. The van der Waals surface area contributed by atoms with Gasteiger partial charge in [-0.2, -0.15) is 10.2 Å². The van der Waals surface area contributed by atoms with Crippen molar-refractivity contribution < 1.29 is 4.79 Å². The Bertz CT molecular complexity index is 325. The van der Waals surface area contributed by atoms with Gasteiger partial charge in [-0.15, -0.1) is 0 Å². The molecule has 0 aliphatic heterocycles. The molecule has 1 aromatic heterocycles. The van der Waals surface area contributed by atoms with Crippen LogP contribution in [-0.2, 0) is 0 Å². The number of nitrogens with zero attached hydrogens (tertiary/aromatic N) is 2. The van der Waals surface area contributed by atoms with Crippen LogP contribution in [0.3, 0.4) is 0 Å². The zero-order chi connectivity index (χ0) is 13.1. The molecule has 3 nitrogen and oxygen atoms in total. The van der Waals surface area contributed by atoms with Gasteiger partial charge in [0, 0.05) is 12.0 Å². The minimum Gasteiger partial charge on any atom is -0.294 e. The first kappa shape index (κ1) is 14.8. The van der Waals surface area contributed by atoms with Crippen molar-refractivity contribution in [3.63, 3.8) is 0 Å². The van der Waals surface area contributed by atoms with E-state index in [9.17, 15) is 4.79 Å². The van der Waals surface area contributed by atoms with E-state index in [4.69, 9.17) is 0 Å². The molecule has 0 bridgehead atoms. The normalized spacial score (nSPS) is 10.5. The lowest BCUT2D eigenvalue weighted by molar-refractivity contribution is 0.0978. The van der Waals surface area contributed by atoms with E-state index in [-0.39, 0.29) is 5.78 Å². The highest BCUT2D eigenvalue weighted by molar-refractivity contribution is 5.95. The number of carbonyl (C=O) groups excluding carboxylic acids is 1. The third kappa shape index (κ3) is 6.48. The van der Waals surface area contributed by atoms with Crippen molar-refractivity contribution in [1.82, 2.24) is 10.2 Å². The minimum atomic E-state index is 0.191. The van der Waals surface area contributed by atoms with Crippen molar-refractivity contribution in [2.45, 2.75) is 64.7 Å². The molecule has 3 heteroatoms. The quantitative estimate of drug-likeness (QED) is 0.460. The number of aromatic nitrogens is 2. The summed E-state index contributed by atoms with van der Waals surface area (Å²) in [5, 5.41) is 7.39. The molecule has 0 radical (unpaired) electrons. The molecular weight excluding hydrogens is 224 g/mol. The number of hydrogen-bond acceptors (Lipinski definition) is 3. The van der Waals surface area contributed by atoms with Gasteiger partial charge in [-0.3, -0.25) is 4.79 Å². The van der Waals surface area contributed by atoms with E-state index in [2.05, 4.69) is 17.1 Å². The molecule has 0 amide bonds. The molecule has 1 aromatic rings. The highest BCUT2D eigenvalue weighted by Gasteiger charge is 2.04. The summed E-state index contributed by atoms with van der Waals surface area (Å²) in [6, 6.07) is 1.74. The summed E-state index contributed by atoms with van der Waals surface area (Å²) < 4.78 is 0. The molecule has 1 rings (SSSR count). The first-order valence-corrected chi connectivity index (χ1v) is 7.14. The Kier molecular flexibility index (Phi) is 8.02. The molecule has 0 atom stereocenters. The predicted octanol–water partition coefficient (Wildman–Crippen LogP) is 4.19. The van der Waals surface area contributed by atoms with Crippen LogP contribution in [0.4, 0.5) is 0 Å². The van der Waals surface area contributed by atoms with Gasteiger partial charge in [0.1, 0.15) is 0 Å². The lowest BCUT2D eigenvalue weighted by Crippen LogP contribution is -1.99. The highest BCUT2D eigenvalue weighted by atomic mass is 16.1. The number of ketones is 1. The second kappa shape index (κ2) is 9.75. The van der Waals surface area contributed by atoms with Crippen LogP contribution >= 0.6 is 0 Å². The average molecular weight is 248 g/mol. The van der Waals surface area contributed by atoms with Crippen molar-refractivity contribution in [1.29, 1.82) is 0 Å². The van der Waals surface area contributed by atoms with Crippen LogP contribution in [-0.4, -0.2) is 16.0 Å². The zero-order valence-corrected chi connectivity index (χ0v) is 11.4. The molecule has 0 spiro atoms. The smallest absolute Gasteiger partial charge is 0.164 e. The zero-order valence-electron chi connectivity index (χ0n) is 11.4. The number of Topliss-reactive ketones (excluding diaryl/α,β-unsaturated/α-hetero) is 1. The Morgan fingerprint density at radius 1 is 1.00 bits per heavy atom. The third-order valence-corrected chi connectivity index (χ3v) is 3.16. The van der Waals surface area contributed by atoms with Crippen LogP contribution in [0.2, 0.25) is 0 Å². The van der Waals surface area contributed by atoms with Gasteiger partial charge in [0.25, 0.3) is 0 Å². The largest absolute Gasteiger partial charge is 0.294 e. The maximum Gasteiger partial charge on any atom is 0.164 e. The van der Waals surface area contributed by atoms with E-state index in [1.807, 2.05) is 0 Å². The monoisotopic (exact) mass is 248 g/mol. The van der Waals surface area contributed by atoms with Gasteiger partial charge >= 0.3 is 0 Å². The van der Waals surface area contributed by atoms with Crippen molar-refractivity contribution in [3.8, 4) is 0 Å². The fraction of sp³-hybridized carbons (Fsp3) is 0.667. The van der Waals surface area contributed by atoms with Crippen LogP contribution < -0.4 is 0 Å². The van der Waals surface area contributed by atoms with Crippen LogP contribution in [0, 0.1) is 0 Å². The Labute approximate surface area is 110 Å². The van der Waals surface area contributed by atoms with Gasteiger partial charge in [-0.1, -0.05) is 51.9 Å². The maximum absolute atomic E-state index is 11.8. The molecule has 0 unspecified atom stereocenters. The van der Waals surface area contributed by atoms with Crippen LogP contribution in [0.5, 0.6) is 0 Å². The summed E-state index contributed by atoms with van der Waals surface area (Å²) in [5.41, 5.74) is 0.688. The second-order valence-corrected chi connectivity index (χ2v) is 4.78. The standard InChI is InChI=1S/C15H24N2O/c1-2-3-4-5-6-7-8-9-10-15(18)14-11-12-16-17-13-14/h11-13H,2-10H2,1H3. The molecule has 0 saturated heterocycles. The van der Waals surface area contributed by atoms with Crippen molar-refractivity contribution in [2.75, 3.05) is 0 Å². The molecule has 0 fully saturated rings. The van der Waals surface area contributed by atoms with E-state index in [0.717, 1.165) is 12.8 Å². The summed E-state index contributed by atoms with van der Waals surface area (Å²) in [6.07, 6.45) is 13.8. The van der Waals surface area contributed by atoms with Crippen LogP contribution in [0.25, 0.3) is 0 Å². The Balaban J connectivity index is 2.00. The first-order valence-electron chi connectivity index (χ1n) is 7.14. The number of rotatable bonds is 10. The highest BCUT2D eigenvalue weighted by Crippen LogP contribution is 2.11. The molecule has 0 N–H and O–H groups in total. The van der Waals surface area contributed by atoms with E-state index < -0.39 is 0 Å². The summed E-state index contributed by atoms with van der Waals surface area (Å²) in [4.78, 5) is 11.8. The van der Waals surface area contributed by atoms with Gasteiger partial charge in [-0.25, -0.2) is 0 Å². The molecule has 100 valence electrons. The Hall–Kier alpha value is -1.25. The fourth-order valence-electron chi connectivity index (χ4n) is 2.02. The lowest BCUT2D eigenvalue weighted by Gasteiger charge is -2.01. The summed E-state index contributed by atoms with van der Waals surface area (Å²) in [6.45, 7) is 2.24. The fourth-order valence-corrected chi connectivity index (χ4v) is 2.02. The van der Waals surface area contributed by atoms with E-state index in [1.165, 1.54) is 38.5 Å². The van der Waals surface area contributed by atoms with Gasteiger partial charge in [0.05, 0.1) is 12.4 Å². The van der Waals surface area contributed by atoms with E-state index in [0.29, 0.717) is 12.0 Å². The molecule has 0 aliphatic rings. The Morgan fingerprint density at radius 2 is 1.67 bits per heavy atom. The van der Waals surface area contributed by atoms with Gasteiger partial charge in [0.2, 0.25) is 0 Å². The molecule has 0 saturated carbocycles. The number of unbranched alkanes of at least 4 members (excludes halogenated alkanes) is 7. The van der Waals surface area contributed by atoms with Crippen LogP contribution in [0.15, 0.2) is 18.5 Å². The second-order valence-electron chi connectivity index (χ2n) is 4.78. The van der Waals surface area contributed by atoms with E-state index in [1.54, 1.807) is 18.5 Å². The van der Waals surface area contributed by atoms with Gasteiger partial charge in [-0.05, 0) is 12.5 Å². The maximum atomic E-state index is 11.8. The van der Waals surface area contributed by atoms with Gasteiger partial charge in [0.15, 0.2) is 5.78 Å². The number of hydrogen-bond donors (Lipinski definition) is 0. The first-order chi connectivity index (χ1) is 8.84. The van der Waals surface area contributed by atoms with Crippen LogP contribution in [0.1, 0.15) is 75.1 Å². The van der Waals surface area contributed by atoms with Crippen molar-refractivity contribution >= 4 is 5.78 Å². The predicted molar refractivity (Wildman–Crippen MR) is 73.6 cm³/mol. The molecular formula is C15H24N2O. The molecule has 1 heterocycles. The molecule has 0 aliphatic carbocycles. The minimum absolute atomic E-state index is 0.191. The molecule has 18 heavy (non-hydrogen) atoms. The van der Waals surface area contributed by atoms with Gasteiger partial charge < -0.3 is 0 Å². The Morgan fingerprint density at radius 3 is 2.28 bits per heavy atom. The third-order valence-electron chi connectivity index (χ3n) is 3.16. The topological polar surface area (TPSA) is 42.9 Å². The molecule has 0 aromatic carbocycles. The average Bonchev–Trinajstić information content (AvgIpc) is 2.42. The number of carbonyl (C=O) groups is 1. The lowest BCUT2D eigenvalue weighted by atomic mass is 10.0. The van der Waals surface area contributed by atoms with Crippen molar-refractivity contribution in [3.05, 3.63) is 24.0 Å². The summed E-state index contributed by atoms with van der Waals surface area (Å²) in [7, 11) is 0. The summed E-state index contributed by atoms with van der Waals surface area (Å²) in [5.74, 6) is 0.191. The van der Waals surface area contributed by atoms with E-state index >= 15 is 0 Å². The summed E-state index contributed by atoms with van der Waals surface area (Å²) >= 11 is 0. The van der Waals surface area contributed by atoms with Crippen molar-refractivity contribution in [2.24, 2.45) is 0 Å².